The van der Waals surface area contributed by atoms with Crippen molar-refractivity contribution >= 4 is 37.2 Å². The lowest BCUT2D eigenvalue weighted by molar-refractivity contribution is 0.0696. The molecule has 2 aromatic carbocycles. The molecule has 0 spiro atoms. The molecule has 1 N–H and O–H groups in total. The fourth-order valence-corrected chi connectivity index (χ4v) is 5.93. The molecule has 128 valence electrons. The second-order valence-corrected chi connectivity index (χ2v) is 9.36. The van der Waals surface area contributed by atoms with Crippen LogP contribution in [0.2, 0.25) is 5.02 Å². The monoisotopic (exact) mass is 388 g/mol. The van der Waals surface area contributed by atoms with Gasteiger partial charge in [0.2, 0.25) is 0 Å². The maximum atomic E-state index is 12.7. The van der Waals surface area contributed by atoms with Gasteiger partial charge in [0.1, 0.15) is 4.90 Å². The molecule has 0 bridgehead atoms. The number of benzene rings is 2. The van der Waals surface area contributed by atoms with E-state index in [0.717, 1.165) is 18.4 Å². The first-order valence-electron chi connectivity index (χ1n) is 6.56. The Morgan fingerprint density at radius 2 is 1.62 bits per heavy atom. The van der Waals surface area contributed by atoms with Crippen LogP contribution in [-0.2, 0) is 25.4 Å². The summed E-state index contributed by atoms with van der Waals surface area (Å²) in [6.45, 7) is 0. The number of carboxylic acid groups (broad SMARTS) is 1. The van der Waals surface area contributed by atoms with Gasteiger partial charge in [0.25, 0.3) is 0 Å². The Balaban J connectivity index is 2.75. The van der Waals surface area contributed by atoms with Crippen molar-refractivity contribution in [3.8, 4) is 0 Å². The number of sulfone groups is 2. The molecule has 6 nitrogen and oxygen atoms in total. The first kappa shape index (κ1) is 18.4. The Morgan fingerprint density at radius 1 is 1.04 bits per heavy atom. The molecule has 2 rings (SSSR count). The highest BCUT2D eigenvalue weighted by Crippen LogP contribution is 2.34. The molecule has 0 heterocycles. The summed E-state index contributed by atoms with van der Waals surface area (Å²) in [5.74, 6) is -1.95. The van der Waals surface area contributed by atoms with Gasteiger partial charge in [-0.3, -0.25) is 0 Å². The van der Waals surface area contributed by atoms with Crippen molar-refractivity contribution in [2.45, 2.75) is 15.5 Å². The van der Waals surface area contributed by atoms with Crippen LogP contribution in [0.4, 0.5) is 0 Å². The fraction of sp³-hybridized carbons (Fsp3) is 0.133. The van der Waals surface area contributed by atoms with Gasteiger partial charge in [-0.2, -0.15) is 0 Å². The lowest BCUT2D eigenvalue weighted by Crippen LogP contribution is -2.14. The molecule has 0 aliphatic carbocycles. The molecule has 0 saturated heterocycles. The molecule has 0 fully saturated rings. The first-order chi connectivity index (χ1) is 11.0. The summed E-state index contributed by atoms with van der Waals surface area (Å²) in [7, 11) is -8.12. The van der Waals surface area contributed by atoms with Crippen LogP contribution < -0.4 is 0 Å². The third-order valence-corrected chi connectivity index (χ3v) is 6.73. The van der Waals surface area contributed by atoms with Crippen LogP contribution in [0.1, 0.15) is 15.9 Å². The van der Waals surface area contributed by atoms with Crippen LogP contribution in [0.5, 0.6) is 0 Å². The molecule has 2 aromatic rings. The molecule has 24 heavy (non-hydrogen) atoms. The highest BCUT2D eigenvalue weighted by atomic mass is 35.5. The normalized spacial score (nSPS) is 12.1. The summed E-state index contributed by atoms with van der Waals surface area (Å²) in [6, 6.07) is 10.0. The van der Waals surface area contributed by atoms with Crippen LogP contribution in [0.3, 0.4) is 0 Å². The quantitative estimate of drug-likeness (QED) is 0.843. The lowest BCUT2D eigenvalue weighted by atomic mass is 10.2. The number of aromatic carboxylic acids is 1. The van der Waals surface area contributed by atoms with Crippen LogP contribution in [-0.4, -0.2) is 34.2 Å². The van der Waals surface area contributed by atoms with E-state index >= 15 is 0 Å². The van der Waals surface area contributed by atoms with Gasteiger partial charge >= 0.3 is 5.97 Å². The largest absolute Gasteiger partial charge is 0.478 e. The molecule has 0 amide bonds. The van der Waals surface area contributed by atoms with Crippen LogP contribution >= 0.6 is 11.6 Å². The van der Waals surface area contributed by atoms with Crippen molar-refractivity contribution in [2.75, 3.05) is 6.26 Å². The van der Waals surface area contributed by atoms with Crippen molar-refractivity contribution in [1.29, 1.82) is 0 Å². The first-order valence-corrected chi connectivity index (χ1v) is 10.5. The van der Waals surface area contributed by atoms with Gasteiger partial charge in [-0.05, 0) is 17.7 Å². The van der Waals surface area contributed by atoms with Crippen LogP contribution in [0.15, 0.2) is 52.3 Å². The molecular formula is C15H13ClO6S2. The summed E-state index contributed by atoms with van der Waals surface area (Å²) < 4.78 is 49.3. The Morgan fingerprint density at radius 3 is 2.12 bits per heavy atom. The topological polar surface area (TPSA) is 106 Å². The smallest absolute Gasteiger partial charge is 0.337 e. The van der Waals surface area contributed by atoms with E-state index in [-0.39, 0.29) is 0 Å². The van der Waals surface area contributed by atoms with Gasteiger partial charge in [0, 0.05) is 6.26 Å². The van der Waals surface area contributed by atoms with E-state index in [9.17, 15) is 21.6 Å². The van der Waals surface area contributed by atoms with Gasteiger partial charge in [0.05, 0.1) is 21.2 Å². The SMILES string of the molecule is CS(=O)(=O)c1ccc(C(=O)O)c(Cl)c1S(=O)(=O)Cc1ccccc1. The van der Waals surface area contributed by atoms with Crippen molar-refractivity contribution in [1.82, 2.24) is 0 Å². The van der Waals surface area contributed by atoms with Crippen LogP contribution in [0.25, 0.3) is 0 Å². The number of carbonyl (C=O) groups is 1. The van der Waals surface area contributed by atoms with E-state index < -0.39 is 51.8 Å². The van der Waals surface area contributed by atoms with Crippen molar-refractivity contribution < 1.29 is 26.7 Å². The van der Waals surface area contributed by atoms with Gasteiger partial charge in [-0.25, -0.2) is 21.6 Å². The third-order valence-electron chi connectivity index (χ3n) is 3.20. The second kappa shape index (κ2) is 6.54. The Bertz CT molecular complexity index is 996. The lowest BCUT2D eigenvalue weighted by Gasteiger charge is -2.13. The molecule has 0 unspecified atom stereocenters. The van der Waals surface area contributed by atoms with E-state index in [1.807, 2.05) is 0 Å². The summed E-state index contributed by atoms with van der Waals surface area (Å²) in [4.78, 5) is 9.99. The zero-order chi connectivity index (χ0) is 18.1. The number of hydrogen-bond donors (Lipinski definition) is 1. The third kappa shape index (κ3) is 3.77. The second-order valence-electron chi connectivity index (χ2n) is 5.08. The van der Waals surface area contributed by atoms with Gasteiger partial charge < -0.3 is 5.11 Å². The molecular weight excluding hydrogens is 376 g/mol. The Labute approximate surface area is 144 Å². The average Bonchev–Trinajstić information content (AvgIpc) is 2.45. The van der Waals surface area contributed by atoms with Crippen LogP contribution in [0, 0.1) is 0 Å². The van der Waals surface area contributed by atoms with Crippen molar-refractivity contribution in [3.05, 3.63) is 58.6 Å². The number of rotatable bonds is 5. The predicted molar refractivity (Wildman–Crippen MR) is 88.9 cm³/mol. The molecule has 9 heteroatoms. The Kier molecular flexibility index (Phi) is 5.03. The number of halogens is 1. The molecule has 0 aliphatic heterocycles. The molecule has 0 aromatic heterocycles. The average molecular weight is 389 g/mol. The molecule has 0 aliphatic rings. The number of carboxylic acids is 1. The van der Waals surface area contributed by atoms with Gasteiger partial charge in [-0.1, -0.05) is 41.9 Å². The zero-order valence-corrected chi connectivity index (χ0v) is 14.8. The highest BCUT2D eigenvalue weighted by molar-refractivity contribution is 7.93. The summed E-state index contributed by atoms with van der Waals surface area (Å²) in [5, 5.41) is 8.50. The standard InChI is InChI=1S/C15H13ClO6S2/c1-23(19,20)12-8-7-11(15(17)18)13(16)14(12)24(21,22)9-10-5-3-2-4-6-10/h2-8H,9H2,1H3,(H,17,18). The minimum Gasteiger partial charge on any atom is -0.478 e. The fourth-order valence-electron chi connectivity index (χ4n) is 2.15. The Hall–Kier alpha value is -1.90. The minimum atomic E-state index is -4.19. The maximum Gasteiger partial charge on any atom is 0.337 e. The van der Waals surface area contributed by atoms with Gasteiger partial charge in [-0.15, -0.1) is 0 Å². The summed E-state index contributed by atoms with van der Waals surface area (Å²) in [6.07, 6.45) is 0.834. The molecule has 0 saturated carbocycles. The minimum absolute atomic E-state index is 0.425. The number of hydrogen-bond acceptors (Lipinski definition) is 5. The highest BCUT2D eigenvalue weighted by Gasteiger charge is 2.30. The summed E-state index contributed by atoms with van der Waals surface area (Å²) >= 11 is 5.94. The van der Waals surface area contributed by atoms with E-state index in [1.165, 1.54) is 0 Å². The van der Waals surface area contributed by atoms with E-state index in [4.69, 9.17) is 16.7 Å². The predicted octanol–water partition coefficient (Wildman–Crippen LogP) is 2.42. The summed E-state index contributed by atoms with van der Waals surface area (Å²) in [5.41, 5.74) is -0.0514. The van der Waals surface area contributed by atoms with Crippen molar-refractivity contribution in [3.63, 3.8) is 0 Å². The maximum absolute atomic E-state index is 12.7. The zero-order valence-electron chi connectivity index (χ0n) is 12.4. The van der Waals surface area contributed by atoms with E-state index in [2.05, 4.69) is 0 Å². The van der Waals surface area contributed by atoms with E-state index in [0.29, 0.717) is 5.56 Å². The van der Waals surface area contributed by atoms with Gasteiger partial charge in [0.15, 0.2) is 19.7 Å². The van der Waals surface area contributed by atoms with E-state index in [1.54, 1.807) is 30.3 Å². The van der Waals surface area contributed by atoms with Crippen molar-refractivity contribution in [2.24, 2.45) is 0 Å². The molecule has 0 atom stereocenters. The molecule has 0 radical (unpaired) electrons.